The number of carbonyl (C=O) groups excluding carboxylic acids is 1. The summed E-state index contributed by atoms with van der Waals surface area (Å²) in [6, 6.07) is 15.1. The molecule has 0 atom stereocenters. The van der Waals surface area contributed by atoms with Gasteiger partial charge < -0.3 is 19.5 Å². The molecule has 0 spiro atoms. The van der Waals surface area contributed by atoms with E-state index in [1.54, 1.807) is 24.3 Å². The number of nitrogens with zero attached hydrogens (tertiary/aromatic N) is 3. The fourth-order valence-corrected chi connectivity index (χ4v) is 3.28. The summed E-state index contributed by atoms with van der Waals surface area (Å²) in [4.78, 5) is 19.0. The van der Waals surface area contributed by atoms with E-state index in [-0.39, 0.29) is 12.5 Å². The van der Waals surface area contributed by atoms with Gasteiger partial charge in [0.05, 0.1) is 11.0 Å². The number of aryl methyl sites for hydroxylation is 1. The number of ether oxygens (including phenoxy) is 1. The molecule has 0 saturated heterocycles. The standard InChI is InChI=1S/C22H27ClN4O2/c1-26(2)14-5-15-27-20-7-4-3-6-19(20)25-21(27)12-13-24-22(28)16-29-18-10-8-17(23)9-11-18/h3-4,6-11H,5,12-16H2,1-2H3,(H,24,28). The number of para-hydroxylation sites is 2. The minimum atomic E-state index is -0.157. The zero-order valence-corrected chi connectivity index (χ0v) is 17.7. The van der Waals surface area contributed by atoms with E-state index in [9.17, 15) is 4.79 Å². The van der Waals surface area contributed by atoms with Gasteiger partial charge in [-0.15, -0.1) is 0 Å². The minimum absolute atomic E-state index is 0.0269. The van der Waals surface area contributed by atoms with Crippen LogP contribution in [0, 0.1) is 0 Å². The fraction of sp³-hybridized carbons (Fsp3) is 0.364. The molecule has 2 aromatic carbocycles. The lowest BCUT2D eigenvalue weighted by atomic mass is 10.3. The van der Waals surface area contributed by atoms with Crippen LogP contribution in [0.15, 0.2) is 48.5 Å². The summed E-state index contributed by atoms with van der Waals surface area (Å²) < 4.78 is 7.74. The lowest BCUT2D eigenvalue weighted by Crippen LogP contribution is -2.31. The van der Waals surface area contributed by atoms with Crippen molar-refractivity contribution in [3.05, 3.63) is 59.4 Å². The van der Waals surface area contributed by atoms with Crippen LogP contribution in [0.5, 0.6) is 5.75 Å². The second-order valence-corrected chi connectivity index (χ2v) is 7.60. The van der Waals surface area contributed by atoms with Gasteiger partial charge >= 0.3 is 0 Å². The first-order valence-electron chi connectivity index (χ1n) is 9.77. The van der Waals surface area contributed by atoms with E-state index in [2.05, 4.69) is 34.9 Å². The summed E-state index contributed by atoms with van der Waals surface area (Å²) in [5, 5.41) is 3.54. The summed E-state index contributed by atoms with van der Waals surface area (Å²) in [6.45, 7) is 2.41. The van der Waals surface area contributed by atoms with Crippen molar-refractivity contribution in [2.24, 2.45) is 0 Å². The summed E-state index contributed by atoms with van der Waals surface area (Å²) >= 11 is 5.85. The van der Waals surface area contributed by atoms with Gasteiger partial charge in [-0.2, -0.15) is 0 Å². The van der Waals surface area contributed by atoms with Crippen LogP contribution in [0.1, 0.15) is 12.2 Å². The van der Waals surface area contributed by atoms with Crippen molar-refractivity contribution in [3.8, 4) is 5.75 Å². The van der Waals surface area contributed by atoms with Crippen LogP contribution in [0.3, 0.4) is 0 Å². The van der Waals surface area contributed by atoms with Crippen LogP contribution in [0.4, 0.5) is 0 Å². The van der Waals surface area contributed by atoms with E-state index in [0.29, 0.717) is 23.7 Å². The van der Waals surface area contributed by atoms with Gasteiger partial charge in [-0.05, 0) is 63.5 Å². The Kier molecular flexibility index (Phi) is 7.49. The molecule has 29 heavy (non-hydrogen) atoms. The number of benzene rings is 2. The first kappa shape index (κ1) is 21.1. The SMILES string of the molecule is CN(C)CCCn1c(CCNC(=O)COc2ccc(Cl)cc2)nc2ccccc21. The zero-order chi connectivity index (χ0) is 20.6. The molecule has 0 unspecified atom stereocenters. The highest BCUT2D eigenvalue weighted by Crippen LogP contribution is 2.17. The third-order valence-electron chi connectivity index (χ3n) is 4.57. The van der Waals surface area contributed by atoms with Gasteiger partial charge in [0.25, 0.3) is 5.91 Å². The summed E-state index contributed by atoms with van der Waals surface area (Å²) in [5.74, 6) is 1.45. The number of rotatable bonds is 10. The molecule has 3 aromatic rings. The Morgan fingerprint density at radius 1 is 1.17 bits per heavy atom. The third kappa shape index (κ3) is 6.21. The molecule has 7 heteroatoms. The first-order chi connectivity index (χ1) is 14.0. The zero-order valence-electron chi connectivity index (χ0n) is 16.9. The second kappa shape index (κ2) is 10.3. The normalized spacial score (nSPS) is 11.2. The van der Waals surface area contributed by atoms with Gasteiger partial charge in [-0.3, -0.25) is 4.79 Å². The molecule has 1 amide bonds. The largest absolute Gasteiger partial charge is 0.484 e. The average Bonchev–Trinajstić information content (AvgIpc) is 3.05. The van der Waals surface area contributed by atoms with Gasteiger partial charge in [-0.25, -0.2) is 4.98 Å². The maximum Gasteiger partial charge on any atom is 0.257 e. The average molecular weight is 415 g/mol. The number of hydrogen-bond acceptors (Lipinski definition) is 4. The monoisotopic (exact) mass is 414 g/mol. The number of amides is 1. The number of aromatic nitrogens is 2. The number of carbonyl (C=O) groups is 1. The molecule has 0 bridgehead atoms. The molecular weight excluding hydrogens is 388 g/mol. The molecule has 0 aliphatic carbocycles. The summed E-state index contributed by atoms with van der Waals surface area (Å²) in [5.41, 5.74) is 2.13. The quantitative estimate of drug-likeness (QED) is 0.552. The molecule has 0 aliphatic rings. The van der Waals surface area contributed by atoms with Crippen LogP contribution in [0.2, 0.25) is 5.02 Å². The highest BCUT2D eigenvalue weighted by molar-refractivity contribution is 6.30. The molecule has 0 fully saturated rings. The highest BCUT2D eigenvalue weighted by atomic mass is 35.5. The molecular formula is C22H27ClN4O2. The Balaban J connectivity index is 1.53. The minimum Gasteiger partial charge on any atom is -0.484 e. The van der Waals surface area contributed by atoms with Crippen molar-refractivity contribution >= 4 is 28.5 Å². The van der Waals surface area contributed by atoms with Crippen LogP contribution in [-0.2, 0) is 17.8 Å². The van der Waals surface area contributed by atoms with Crippen LogP contribution < -0.4 is 10.1 Å². The van der Waals surface area contributed by atoms with E-state index in [1.807, 2.05) is 18.2 Å². The highest BCUT2D eigenvalue weighted by Gasteiger charge is 2.11. The smallest absolute Gasteiger partial charge is 0.257 e. The molecule has 6 nitrogen and oxygen atoms in total. The van der Waals surface area contributed by atoms with Gasteiger partial charge in [0, 0.05) is 24.5 Å². The van der Waals surface area contributed by atoms with Crippen LogP contribution in [-0.4, -0.2) is 54.1 Å². The third-order valence-corrected chi connectivity index (χ3v) is 4.83. The molecule has 0 saturated carbocycles. The van der Waals surface area contributed by atoms with Crippen molar-refractivity contribution in [2.75, 3.05) is 33.8 Å². The van der Waals surface area contributed by atoms with Crippen molar-refractivity contribution < 1.29 is 9.53 Å². The van der Waals surface area contributed by atoms with Crippen LogP contribution in [0.25, 0.3) is 11.0 Å². The first-order valence-corrected chi connectivity index (χ1v) is 10.1. The lowest BCUT2D eigenvalue weighted by Gasteiger charge is -2.13. The van der Waals surface area contributed by atoms with Gasteiger partial charge in [0.15, 0.2) is 6.61 Å². The number of fused-ring (bicyclic) bond motifs is 1. The molecule has 1 aromatic heterocycles. The number of halogens is 1. The Morgan fingerprint density at radius 2 is 1.93 bits per heavy atom. The van der Waals surface area contributed by atoms with E-state index in [0.717, 1.165) is 36.4 Å². The molecule has 1 heterocycles. The maximum absolute atomic E-state index is 12.1. The lowest BCUT2D eigenvalue weighted by molar-refractivity contribution is -0.123. The van der Waals surface area contributed by atoms with Crippen LogP contribution >= 0.6 is 11.6 Å². The fourth-order valence-electron chi connectivity index (χ4n) is 3.16. The van der Waals surface area contributed by atoms with Gasteiger partial charge in [-0.1, -0.05) is 23.7 Å². The Labute approximate surface area is 176 Å². The second-order valence-electron chi connectivity index (χ2n) is 7.17. The molecule has 1 N–H and O–H groups in total. The summed E-state index contributed by atoms with van der Waals surface area (Å²) in [6.07, 6.45) is 1.71. The topological polar surface area (TPSA) is 59.4 Å². The van der Waals surface area contributed by atoms with E-state index < -0.39 is 0 Å². The molecule has 154 valence electrons. The van der Waals surface area contributed by atoms with Crippen molar-refractivity contribution in [1.29, 1.82) is 0 Å². The van der Waals surface area contributed by atoms with E-state index >= 15 is 0 Å². The predicted molar refractivity (Wildman–Crippen MR) is 117 cm³/mol. The van der Waals surface area contributed by atoms with Gasteiger partial charge in [0.2, 0.25) is 0 Å². The number of nitrogens with one attached hydrogen (secondary N) is 1. The molecule has 3 rings (SSSR count). The van der Waals surface area contributed by atoms with Crippen molar-refractivity contribution in [1.82, 2.24) is 19.8 Å². The number of imidazole rings is 1. The maximum atomic E-state index is 12.1. The predicted octanol–water partition coefficient (Wildman–Crippen LogP) is 3.38. The molecule has 0 aliphatic heterocycles. The van der Waals surface area contributed by atoms with Crippen molar-refractivity contribution in [3.63, 3.8) is 0 Å². The van der Waals surface area contributed by atoms with E-state index in [1.165, 1.54) is 0 Å². The molecule has 0 radical (unpaired) electrons. The van der Waals surface area contributed by atoms with Crippen molar-refractivity contribution in [2.45, 2.75) is 19.4 Å². The van der Waals surface area contributed by atoms with Gasteiger partial charge in [0.1, 0.15) is 11.6 Å². The Bertz CT molecular complexity index is 938. The Morgan fingerprint density at radius 3 is 2.69 bits per heavy atom. The van der Waals surface area contributed by atoms with E-state index in [4.69, 9.17) is 21.3 Å². The Hall–Kier alpha value is -2.57. The number of hydrogen-bond donors (Lipinski definition) is 1. The summed E-state index contributed by atoms with van der Waals surface area (Å²) in [7, 11) is 4.16.